The van der Waals surface area contributed by atoms with E-state index in [0.29, 0.717) is 13.1 Å². The molecular weight excluding hydrogens is 366 g/mol. The van der Waals surface area contributed by atoms with E-state index in [2.05, 4.69) is 20.2 Å². The van der Waals surface area contributed by atoms with E-state index in [1.165, 1.54) is 0 Å². The Kier molecular flexibility index (Phi) is 5.47. The average molecular weight is 393 g/mol. The Hall–Kier alpha value is -2.96. The Morgan fingerprint density at radius 2 is 1.86 bits per heavy atom. The van der Waals surface area contributed by atoms with Crippen LogP contribution in [0.15, 0.2) is 30.3 Å². The molecule has 1 unspecified atom stereocenters. The summed E-state index contributed by atoms with van der Waals surface area (Å²) in [7, 11) is 0. The topological polar surface area (TPSA) is 78.4 Å². The van der Waals surface area contributed by atoms with Gasteiger partial charge in [0.05, 0.1) is 18.2 Å². The van der Waals surface area contributed by atoms with Crippen molar-refractivity contribution in [3.8, 4) is 0 Å². The second kappa shape index (κ2) is 8.19. The van der Waals surface area contributed by atoms with E-state index in [0.717, 1.165) is 54.5 Å². The van der Waals surface area contributed by atoms with Crippen LogP contribution < -0.4 is 15.1 Å². The summed E-state index contributed by atoms with van der Waals surface area (Å²) in [6.45, 7) is 6.67. The highest BCUT2D eigenvalue weighted by atomic mass is 16.2. The molecule has 7 nitrogen and oxygen atoms in total. The standard InChI is InChI=1S/C22H27N5O2/c1-15-5-7-19(8-6-15)27-14-17(12-20(27)28)21(29)23-13-18-11-16(2)24-22(25-18)26-9-3-4-10-26/h5-8,11,17H,3-4,9-10,12-14H2,1-2H3,(H,23,29). The lowest BCUT2D eigenvalue weighted by Gasteiger charge is -2.18. The molecule has 2 aromatic rings. The van der Waals surface area contributed by atoms with Gasteiger partial charge in [-0.3, -0.25) is 9.59 Å². The smallest absolute Gasteiger partial charge is 0.227 e. The molecule has 1 aromatic carbocycles. The van der Waals surface area contributed by atoms with Crippen LogP contribution in [0.1, 0.15) is 36.2 Å². The van der Waals surface area contributed by atoms with Crippen molar-refractivity contribution in [2.75, 3.05) is 29.4 Å². The summed E-state index contributed by atoms with van der Waals surface area (Å²) in [4.78, 5) is 38.1. The lowest BCUT2D eigenvalue weighted by molar-refractivity contribution is -0.126. The summed E-state index contributed by atoms with van der Waals surface area (Å²) in [6.07, 6.45) is 2.56. The van der Waals surface area contributed by atoms with Crippen molar-refractivity contribution >= 4 is 23.5 Å². The van der Waals surface area contributed by atoms with Gasteiger partial charge in [-0.05, 0) is 44.9 Å². The summed E-state index contributed by atoms with van der Waals surface area (Å²) in [5, 5.41) is 2.96. The number of nitrogens with one attached hydrogen (secondary N) is 1. The molecule has 1 atom stereocenters. The number of carbonyl (C=O) groups is 2. The molecule has 0 bridgehead atoms. The summed E-state index contributed by atoms with van der Waals surface area (Å²) in [5.41, 5.74) is 3.68. The third kappa shape index (κ3) is 4.39. The zero-order valence-corrected chi connectivity index (χ0v) is 17.0. The van der Waals surface area contributed by atoms with Gasteiger partial charge in [-0.2, -0.15) is 0 Å². The van der Waals surface area contributed by atoms with E-state index in [4.69, 9.17) is 0 Å². The van der Waals surface area contributed by atoms with E-state index in [9.17, 15) is 9.59 Å². The molecule has 152 valence electrons. The average Bonchev–Trinajstić information content (AvgIpc) is 3.36. The van der Waals surface area contributed by atoms with E-state index in [1.807, 2.05) is 44.2 Å². The third-order valence-corrected chi connectivity index (χ3v) is 5.57. The Morgan fingerprint density at radius 1 is 1.14 bits per heavy atom. The highest BCUT2D eigenvalue weighted by Gasteiger charge is 2.35. The van der Waals surface area contributed by atoms with Gasteiger partial charge in [-0.1, -0.05) is 17.7 Å². The highest BCUT2D eigenvalue weighted by Crippen LogP contribution is 2.25. The van der Waals surface area contributed by atoms with Crippen LogP contribution in [0.25, 0.3) is 0 Å². The molecule has 0 radical (unpaired) electrons. The van der Waals surface area contributed by atoms with Crippen molar-refractivity contribution in [3.05, 3.63) is 47.3 Å². The minimum Gasteiger partial charge on any atom is -0.350 e. The minimum atomic E-state index is -0.343. The van der Waals surface area contributed by atoms with Crippen LogP contribution in [0.5, 0.6) is 0 Å². The number of aromatic nitrogens is 2. The van der Waals surface area contributed by atoms with Crippen molar-refractivity contribution in [2.24, 2.45) is 5.92 Å². The van der Waals surface area contributed by atoms with Gasteiger partial charge in [0.15, 0.2) is 0 Å². The molecule has 2 amide bonds. The molecule has 2 fully saturated rings. The number of hydrogen-bond donors (Lipinski definition) is 1. The molecule has 7 heteroatoms. The largest absolute Gasteiger partial charge is 0.350 e. The Balaban J connectivity index is 1.37. The summed E-state index contributed by atoms with van der Waals surface area (Å²) in [5.74, 6) is 0.285. The van der Waals surface area contributed by atoms with Crippen LogP contribution in [-0.4, -0.2) is 41.4 Å². The fourth-order valence-corrected chi connectivity index (χ4v) is 3.95. The van der Waals surface area contributed by atoms with Gasteiger partial charge in [0.1, 0.15) is 0 Å². The van der Waals surface area contributed by atoms with Crippen molar-refractivity contribution in [3.63, 3.8) is 0 Å². The van der Waals surface area contributed by atoms with Crippen LogP contribution in [-0.2, 0) is 16.1 Å². The number of benzene rings is 1. The molecule has 29 heavy (non-hydrogen) atoms. The van der Waals surface area contributed by atoms with Crippen molar-refractivity contribution < 1.29 is 9.59 Å². The molecule has 2 saturated heterocycles. The first-order valence-electron chi connectivity index (χ1n) is 10.2. The molecular formula is C22H27N5O2. The third-order valence-electron chi connectivity index (χ3n) is 5.57. The summed E-state index contributed by atoms with van der Waals surface area (Å²) >= 11 is 0. The number of amides is 2. The highest BCUT2D eigenvalue weighted by molar-refractivity contribution is 6.00. The van der Waals surface area contributed by atoms with Crippen LogP contribution >= 0.6 is 0 Å². The fraction of sp³-hybridized carbons (Fsp3) is 0.455. The van der Waals surface area contributed by atoms with E-state index < -0.39 is 0 Å². The molecule has 0 saturated carbocycles. The summed E-state index contributed by atoms with van der Waals surface area (Å²) < 4.78 is 0. The van der Waals surface area contributed by atoms with Crippen molar-refractivity contribution in [2.45, 2.75) is 39.7 Å². The number of rotatable bonds is 5. The van der Waals surface area contributed by atoms with Gasteiger partial charge in [-0.25, -0.2) is 9.97 Å². The predicted molar refractivity (Wildman–Crippen MR) is 112 cm³/mol. The fourth-order valence-electron chi connectivity index (χ4n) is 3.95. The SMILES string of the molecule is Cc1ccc(N2CC(C(=O)NCc3cc(C)nc(N4CCCC4)n3)CC2=O)cc1. The van der Waals surface area contributed by atoms with Crippen LogP contribution in [0.4, 0.5) is 11.6 Å². The molecule has 1 N–H and O–H groups in total. The first-order chi connectivity index (χ1) is 14.0. The van der Waals surface area contributed by atoms with Crippen LogP contribution in [0, 0.1) is 19.8 Å². The van der Waals surface area contributed by atoms with E-state index in [1.54, 1.807) is 4.90 Å². The normalized spacial score (nSPS) is 19.1. The molecule has 0 aliphatic carbocycles. The lowest BCUT2D eigenvalue weighted by Crippen LogP contribution is -2.33. The second-order valence-corrected chi connectivity index (χ2v) is 7.95. The van der Waals surface area contributed by atoms with Crippen LogP contribution in [0.2, 0.25) is 0 Å². The predicted octanol–water partition coefficient (Wildman–Crippen LogP) is 2.36. The Labute approximate surface area is 171 Å². The molecule has 4 rings (SSSR count). The van der Waals surface area contributed by atoms with Crippen molar-refractivity contribution in [1.82, 2.24) is 15.3 Å². The number of anilines is 2. The maximum atomic E-state index is 12.7. The van der Waals surface area contributed by atoms with E-state index >= 15 is 0 Å². The van der Waals surface area contributed by atoms with Gasteiger partial charge >= 0.3 is 0 Å². The molecule has 3 heterocycles. The van der Waals surface area contributed by atoms with Gasteiger partial charge in [0.25, 0.3) is 0 Å². The first-order valence-corrected chi connectivity index (χ1v) is 10.2. The number of nitrogens with zero attached hydrogens (tertiary/aromatic N) is 4. The molecule has 2 aliphatic heterocycles. The van der Waals surface area contributed by atoms with E-state index in [-0.39, 0.29) is 24.2 Å². The molecule has 0 spiro atoms. The Bertz CT molecular complexity index is 906. The number of hydrogen-bond acceptors (Lipinski definition) is 5. The van der Waals surface area contributed by atoms with Gasteiger partial charge in [-0.15, -0.1) is 0 Å². The van der Waals surface area contributed by atoms with Crippen molar-refractivity contribution in [1.29, 1.82) is 0 Å². The first kappa shape index (κ1) is 19.4. The Morgan fingerprint density at radius 3 is 2.59 bits per heavy atom. The number of carbonyl (C=O) groups excluding carboxylic acids is 2. The molecule has 2 aliphatic rings. The monoisotopic (exact) mass is 393 g/mol. The van der Waals surface area contributed by atoms with Gasteiger partial charge < -0.3 is 15.1 Å². The second-order valence-electron chi connectivity index (χ2n) is 7.95. The maximum absolute atomic E-state index is 12.7. The minimum absolute atomic E-state index is 0.0109. The van der Waals surface area contributed by atoms with Gasteiger partial charge in [0.2, 0.25) is 17.8 Å². The van der Waals surface area contributed by atoms with Gasteiger partial charge in [0, 0.05) is 37.4 Å². The lowest BCUT2D eigenvalue weighted by atomic mass is 10.1. The van der Waals surface area contributed by atoms with Crippen LogP contribution in [0.3, 0.4) is 0 Å². The summed E-state index contributed by atoms with van der Waals surface area (Å²) in [6, 6.07) is 9.71. The zero-order chi connectivity index (χ0) is 20.4. The number of aryl methyl sites for hydroxylation is 2. The zero-order valence-electron chi connectivity index (χ0n) is 17.0. The quantitative estimate of drug-likeness (QED) is 0.844. The molecule has 1 aromatic heterocycles. The maximum Gasteiger partial charge on any atom is 0.227 e.